The normalized spacial score (nSPS) is 13.6. The Hall–Kier alpha value is -0.820. The molecule has 96 valence electrons. The molecule has 0 aliphatic rings. The molecule has 0 saturated heterocycles. The molecule has 0 saturated carbocycles. The van der Waals surface area contributed by atoms with Crippen molar-refractivity contribution in [1.82, 2.24) is 5.32 Å². The third-order valence-electron chi connectivity index (χ3n) is 2.95. The van der Waals surface area contributed by atoms with Gasteiger partial charge in [0.2, 0.25) is 0 Å². The first-order chi connectivity index (χ1) is 7.97. The van der Waals surface area contributed by atoms with Crippen LogP contribution in [0.1, 0.15) is 46.1 Å². The highest BCUT2D eigenvalue weighted by Gasteiger charge is 2.14. The van der Waals surface area contributed by atoms with Gasteiger partial charge in [-0.1, -0.05) is 58.0 Å². The fourth-order valence-electron chi connectivity index (χ4n) is 2.32. The van der Waals surface area contributed by atoms with Gasteiger partial charge in [0.1, 0.15) is 0 Å². The molecule has 0 radical (unpaired) electrons. The molecule has 0 fully saturated rings. The van der Waals surface area contributed by atoms with Crippen LogP contribution in [0.3, 0.4) is 0 Å². The van der Waals surface area contributed by atoms with Crippen LogP contribution in [0.2, 0.25) is 0 Å². The lowest BCUT2D eigenvalue weighted by Gasteiger charge is -2.23. The van der Waals surface area contributed by atoms with Gasteiger partial charge in [-0.3, -0.25) is 0 Å². The van der Waals surface area contributed by atoms with Crippen LogP contribution in [0.5, 0.6) is 0 Å². The number of rotatable bonds is 6. The Labute approximate surface area is 107 Å². The van der Waals surface area contributed by atoms with E-state index < -0.39 is 0 Å². The first kappa shape index (κ1) is 14.2. The zero-order chi connectivity index (χ0) is 12.7. The third-order valence-corrected chi connectivity index (χ3v) is 2.95. The van der Waals surface area contributed by atoms with Crippen LogP contribution < -0.4 is 5.32 Å². The molecule has 0 amide bonds. The molecule has 0 spiro atoms. The summed E-state index contributed by atoms with van der Waals surface area (Å²) >= 11 is 0. The summed E-state index contributed by atoms with van der Waals surface area (Å²) in [6.07, 6.45) is 2.57. The lowest BCUT2D eigenvalue weighted by atomic mass is 9.84. The van der Waals surface area contributed by atoms with Gasteiger partial charge in [-0.2, -0.15) is 0 Å². The predicted octanol–water partition coefficient (Wildman–Crippen LogP) is 4.24. The van der Waals surface area contributed by atoms with E-state index in [2.05, 4.69) is 63.3 Å². The minimum Gasteiger partial charge on any atom is -0.313 e. The van der Waals surface area contributed by atoms with E-state index in [-0.39, 0.29) is 0 Å². The van der Waals surface area contributed by atoms with Crippen molar-refractivity contribution in [2.75, 3.05) is 6.54 Å². The molecule has 1 aromatic rings. The highest BCUT2D eigenvalue weighted by Crippen LogP contribution is 2.25. The van der Waals surface area contributed by atoms with Gasteiger partial charge in [-0.25, -0.2) is 0 Å². The Kier molecular flexibility index (Phi) is 5.70. The van der Waals surface area contributed by atoms with E-state index in [1.54, 1.807) is 0 Å². The molecule has 0 bridgehead atoms. The van der Waals surface area contributed by atoms with Gasteiger partial charge >= 0.3 is 0 Å². The fourth-order valence-corrected chi connectivity index (χ4v) is 2.32. The van der Waals surface area contributed by atoms with E-state index in [1.165, 1.54) is 18.4 Å². The number of nitrogens with one attached hydrogen (secondary N) is 1. The third kappa shape index (κ3) is 7.17. The van der Waals surface area contributed by atoms with Crippen LogP contribution >= 0.6 is 0 Å². The van der Waals surface area contributed by atoms with Gasteiger partial charge in [-0.05, 0) is 36.3 Å². The molecule has 1 nitrogen and oxygen atoms in total. The molecule has 1 heteroatoms. The van der Waals surface area contributed by atoms with Crippen molar-refractivity contribution in [3.63, 3.8) is 0 Å². The zero-order valence-electron chi connectivity index (χ0n) is 11.8. The summed E-state index contributed by atoms with van der Waals surface area (Å²) in [5.41, 5.74) is 1.83. The van der Waals surface area contributed by atoms with E-state index in [9.17, 15) is 0 Å². The maximum atomic E-state index is 3.52. The van der Waals surface area contributed by atoms with Gasteiger partial charge in [0.25, 0.3) is 0 Å². The predicted molar refractivity (Wildman–Crippen MR) is 76.0 cm³/mol. The van der Waals surface area contributed by atoms with Crippen LogP contribution in [0.4, 0.5) is 0 Å². The maximum absolute atomic E-state index is 3.52. The second kappa shape index (κ2) is 6.80. The lowest BCUT2D eigenvalue weighted by Crippen LogP contribution is -2.19. The van der Waals surface area contributed by atoms with Crippen LogP contribution in [-0.2, 0) is 6.54 Å². The van der Waals surface area contributed by atoms with Crippen LogP contribution in [0.25, 0.3) is 0 Å². The van der Waals surface area contributed by atoms with Crippen molar-refractivity contribution in [2.45, 2.75) is 47.1 Å². The quantitative estimate of drug-likeness (QED) is 0.725. The summed E-state index contributed by atoms with van der Waals surface area (Å²) in [5.74, 6) is 0.804. The van der Waals surface area contributed by atoms with Gasteiger partial charge in [-0.15, -0.1) is 0 Å². The first-order valence-electron chi connectivity index (χ1n) is 6.72. The Balaban J connectivity index is 2.12. The number of hydrogen-bond donors (Lipinski definition) is 1. The van der Waals surface area contributed by atoms with Crippen LogP contribution in [-0.4, -0.2) is 6.54 Å². The highest BCUT2D eigenvalue weighted by atomic mass is 14.8. The van der Waals surface area contributed by atoms with E-state index >= 15 is 0 Å². The average Bonchev–Trinajstić information content (AvgIpc) is 2.23. The molecule has 0 heterocycles. The summed E-state index contributed by atoms with van der Waals surface area (Å²) in [6, 6.07) is 10.6. The standard InChI is InChI=1S/C16H27N/c1-14(12-16(2,3)4)10-11-17-13-15-8-6-5-7-9-15/h5-9,14,17H,10-13H2,1-4H3. The van der Waals surface area contributed by atoms with Crippen molar-refractivity contribution >= 4 is 0 Å². The number of benzene rings is 1. The Bertz CT molecular complexity index is 297. The van der Waals surface area contributed by atoms with Crippen LogP contribution in [0.15, 0.2) is 30.3 Å². The second-order valence-electron chi connectivity index (χ2n) is 6.32. The molecule has 0 aliphatic carbocycles. The molecule has 0 aliphatic heterocycles. The van der Waals surface area contributed by atoms with E-state index in [0.29, 0.717) is 5.41 Å². The van der Waals surface area contributed by atoms with Gasteiger partial charge < -0.3 is 5.32 Å². The highest BCUT2D eigenvalue weighted by molar-refractivity contribution is 5.14. The summed E-state index contributed by atoms with van der Waals surface area (Å²) in [4.78, 5) is 0. The summed E-state index contributed by atoms with van der Waals surface area (Å²) in [6.45, 7) is 11.4. The monoisotopic (exact) mass is 233 g/mol. The largest absolute Gasteiger partial charge is 0.313 e. The lowest BCUT2D eigenvalue weighted by molar-refractivity contribution is 0.294. The van der Waals surface area contributed by atoms with Crippen molar-refractivity contribution < 1.29 is 0 Å². The van der Waals surface area contributed by atoms with E-state index in [4.69, 9.17) is 0 Å². The Morgan fingerprint density at radius 3 is 2.35 bits per heavy atom. The summed E-state index contributed by atoms with van der Waals surface area (Å²) in [5, 5.41) is 3.52. The molecule has 1 atom stereocenters. The summed E-state index contributed by atoms with van der Waals surface area (Å²) in [7, 11) is 0. The topological polar surface area (TPSA) is 12.0 Å². The smallest absolute Gasteiger partial charge is 0.0205 e. The van der Waals surface area contributed by atoms with Crippen molar-refractivity contribution in [3.8, 4) is 0 Å². The fraction of sp³-hybridized carbons (Fsp3) is 0.625. The average molecular weight is 233 g/mol. The van der Waals surface area contributed by atoms with E-state index in [1.807, 2.05) is 0 Å². The minimum atomic E-state index is 0.457. The molecule has 1 unspecified atom stereocenters. The molecular formula is C16H27N. The molecule has 1 N–H and O–H groups in total. The molecule has 17 heavy (non-hydrogen) atoms. The maximum Gasteiger partial charge on any atom is 0.0205 e. The van der Waals surface area contributed by atoms with Crippen molar-refractivity contribution in [3.05, 3.63) is 35.9 Å². The van der Waals surface area contributed by atoms with E-state index in [0.717, 1.165) is 19.0 Å². The summed E-state index contributed by atoms with van der Waals surface area (Å²) < 4.78 is 0. The Morgan fingerprint density at radius 2 is 1.76 bits per heavy atom. The van der Waals surface area contributed by atoms with Gasteiger partial charge in [0.05, 0.1) is 0 Å². The molecular weight excluding hydrogens is 206 g/mol. The van der Waals surface area contributed by atoms with Crippen molar-refractivity contribution in [2.24, 2.45) is 11.3 Å². The SMILES string of the molecule is CC(CCNCc1ccccc1)CC(C)(C)C. The molecule has 1 aromatic carbocycles. The number of hydrogen-bond acceptors (Lipinski definition) is 1. The first-order valence-corrected chi connectivity index (χ1v) is 6.72. The zero-order valence-corrected chi connectivity index (χ0v) is 11.8. The Morgan fingerprint density at radius 1 is 1.12 bits per heavy atom. The van der Waals surface area contributed by atoms with Crippen LogP contribution in [0, 0.1) is 11.3 Å². The molecule has 1 rings (SSSR count). The van der Waals surface area contributed by atoms with Gasteiger partial charge in [0, 0.05) is 6.54 Å². The second-order valence-corrected chi connectivity index (χ2v) is 6.32. The van der Waals surface area contributed by atoms with Crippen molar-refractivity contribution in [1.29, 1.82) is 0 Å². The van der Waals surface area contributed by atoms with Gasteiger partial charge in [0.15, 0.2) is 0 Å². The molecule has 0 aromatic heterocycles. The minimum absolute atomic E-state index is 0.457.